The maximum Gasteiger partial charge on any atom is 0.246 e. The largest absolute Gasteiger partial charge is 0.378 e. The highest BCUT2D eigenvalue weighted by Crippen LogP contribution is 2.28. The summed E-state index contributed by atoms with van der Waals surface area (Å²) in [6.07, 6.45) is 1.04. The summed E-state index contributed by atoms with van der Waals surface area (Å²) >= 11 is 0. The third-order valence-electron chi connectivity index (χ3n) is 5.16. The fourth-order valence-electron chi connectivity index (χ4n) is 3.63. The van der Waals surface area contributed by atoms with Crippen molar-refractivity contribution in [2.45, 2.75) is 19.0 Å². The van der Waals surface area contributed by atoms with Crippen LogP contribution in [0, 0.1) is 0 Å². The summed E-state index contributed by atoms with van der Waals surface area (Å²) in [5.74, 6) is -0.0789. The Morgan fingerprint density at radius 1 is 1.15 bits per heavy atom. The maximum atomic E-state index is 11.9. The number of nitrogens with one attached hydrogen (secondary N) is 1. The number of carbonyl (C=O) groups is 1. The normalized spacial score (nSPS) is 15.1. The molecule has 0 radical (unpaired) electrons. The quantitative estimate of drug-likeness (QED) is 0.817. The molecule has 0 aliphatic carbocycles. The van der Waals surface area contributed by atoms with Crippen molar-refractivity contribution in [1.29, 1.82) is 0 Å². The first-order chi connectivity index (χ1) is 13.1. The van der Waals surface area contributed by atoms with Gasteiger partial charge in [-0.05, 0) is 35.2 Å². The van der Waals surface area contributed by atoms with Gasteiger partial charge in [-0.15, -0.1) is 0 Å². The molecule has 27 heavy (non-hydrogen) atoms. The molecular weight excluding hydrogens is 338 g/mol. The average molecular weight is 367 g/mol. The predicted molar refractivity (Wildman–Crippen MR) is 109 cm³/mol. The van der Waals surface area contributed by atoms with Gasteiger partial charge in [0.05, 0.1) is 6.04 Å². The van der Waals surface area contributed by atoms with Gasteiger partial charge in [-0.3, -0.25) is 9.69 Å². The number of fused-ring (bicyclic) bond motifs is 1. The molecule has 5 heteroatoms. The SMILES string of the molecule is COCC(=O)NC[C@H](c1ccc(N(C)C)cc1)N1CCc2ccccc2C1. The number of benzene rings is 2. The molecule has 1 amide bonds. The minimum Gasteiger partial charge on any atom is -0.378 e. The zero-order valence-electron chi connectivity index (χ0n) is 16.4. The van der Waals surface area contributed by atoms with Crippen molar-refractivity contribution in [2.75, 3.05) is 45.8 Å². The first-order valence-corrected chi connectivity index (χ1v) is 9.42. The predicted octanol–water partition coefficient (Wildman–Crippen LogP) is 2.61. The lowest BCUT2D eigenvalue weighted by Crippen LogP contribution is -2.41. The number of hydrogen-bond acceptors (Lipinski definition) is 4. The summed E-state index contributed by atoms with van der Waals surface area (Å²) < 4.78 is 4.94. The van der Waals surface area contributed by atoms with Gasteiger partial charge in [0.25, 0.3) is 0 Å². The Kier molecular flexibility index (Phi) is 6.48. The van der Waals surface area contributed by atoms with Gasteiger partial charge in [0.1, 0.15) is 6.61 Å². The number of hydrogen-bond donors (Lipinski definition) is 1. The highest BCUT2D eigenvalue weighted by Gasteiger charge is 2.25. The van der Waals surface area contributed by atoms with Crippen LogP contribution in [0.3, 0.4) is 0 Å². The fraction of sp³-hybridized carbons (Fsp3) is 0.409. The van der Waals surface area contributed by atoms with E-state index >= 15 is 0 Å². The molecule has 1 aliphatic heterocycles. The molecule has 0 spiro atoms. The maximum absolute atomic E-state index is 11.9. The first-order valence-electron chi connectivity index (χ1n) is 9.42. The second-order valence-electron chi connectivity index (χ2n) is 7.23. The van der Waals surface area contributed by atoms with Gasteiger partial charge in [0.15, 0.2) is 0 Å². The van der Waals surface area contributed by atoms with E-state index in [4.69, 9.17) is 4.74 Å². The fourth-order valence-corrected chi connectivity index (χ4v) is 3.63. The minimum atomic E-state index is -0.0789. The number of anilines is 1. The van der Waals surface area contributed by atoms with Crippen molar-refractivity contribution in [3.8, 4) is 0 Å². The van der Waals surface area contributed by atoms with Gasteiger partial charge in [0.2, 0.25) is 5.91 Å². The number of ether oxygens (including phenoxy) is 1. The molecule has 144 valence electrons. The number of nitrogens with zero attached hydrogens (tertiary/aromatic N) is 2. The Bertz CT molecular complexity index is 758. The summed E-state index contributed by atoms with van der Waals surface area (Å²) in [4.78, 5) is 16.5. The standard InChI is InChI=1S/C22H29N3O2/c1-24(2)20-10-8-18(9-11-20)21(14-23-22(26)16-27-3)25-13-12-17-6-4-5-7-19(17)15-25/h4-11,21H,12-16H2,1-3H3,(H,23,26)/t21-/m1/s1. The van der Waals surface area contributed by atoms with E-state index in [1.165, 1.54) is 22.4 Å². The van der Waals surface area contributed by atoms with E-state index in [-0.39, 0.29) is 18.6 Å². The van der Waals surface area contributed by atoms with Crippen molar-refractivity contribution in [3.63, 3.8) is 0 Å². The third-order valence-corrected chi connectivity index (χ3v) is 5.16. The zero-order valence-corrected chi connectivity index (χ0v) is 16.4. The Hall–Kier alpha value is -2.37. The van der Waals surface area contributed by atoms with Gasteiger partial charge in [-0.25, -0.2) is 0 Å². The van der Waals surface area contributed by atoms with E-state index in [1.807, 2.05) is 14.1 Å². The van der Waals surface area contributed by atoms with Crippen LogP contribution in [0.5, 0.6) is 0 Å². The minimum absolute atomic E-state index is 0.0789. The highest BCUT2D eigenvalue weighted by atomic mass is 16.5. The molecule has 1 heterocycles. The van der Waals surface area contributed by atoms with Crippen molar-refractivity contribution in [2.24, 2.45) is 0 Å². The van der Waals surface area contributed by atoms with Crippen LogP contribution in [0.15, 0.2) is 48.5 Å². The van der Waals surface area contributed by atoms with Gasteiger partial charge < -0.3 is 15.0 Å². The van der Waals surface area contributed by atoms with Crippen molar-refractivity contribution >= 4 is 11.6 Å². The van der Waals surface area contributed by atoms with Crippen LogP contribution in [0.25, 0.3) is 0 Å². The molecule has 2 aromatic carbocycles. The summed E-state index contributed by atoms with van der Waals surface area (Å²) in [6, 6.07) is 17.4. The highest BCUT2D eigenvalue weighted by molar-refractivity contribution is 5.77. The van der Waals surface area contributed by atoms with Crippen LogP contribution in [0.2, 0.25) is 0 Å². The van der Waals surface area contributed by atoms with E-state index in [0.717, 1.165) is 19.5 Å². The lowest BCUT2D eigenvalue weighted by atomic mass is 9.96. The second kappa shape index (κ2) is 9.02. The molecule has 0 bridgehead atoms. The summed E-state index contributed by atoms with van der Waals surface area (Å²) in [5, 5.41) is 3.02. The number of methoxy groups -OCH3 is 1. The molecule has 2 aromatic rings. The zero-order chi connectivity index (χ0) is 19.2. The van der Waals surface area contributed by atoms with Crippen LogP contribution in [-0.4, -0.2) is 51.7 Å². The van der Waals surface area contributed by atoms with Gasteiger partial charge in [0, 0.05) is 46.5 Å². The number of carbonyl (C=O) groups excluding carboxylic acids is 1. The molecule has 0 aromatic heterocycles. The van der Waals surface area contributed by atoms with E-state index in [1.54, 1.807) is 7.11 Å². The van der Waals surface area contributed by atoms with Crippen LogP contribution in [0.4, 0.5) is 5.69 Å². The van der Waals surface area contributed by atoms with E-state index in [2.05, 4.69) is 63.6 Å². The molecule has 0 fully saturated rings. The molecule has 0 saturated carbocycles. The van der Waals surface area contributed by atoms with E-state index < -0.39 is 0 Å². The van der Waals surface area contributed by atoms with Crippen LogP contribution in [-0.2, 0) is 22.5 Å². The average Bonchev–Trinajstić information content (AvgIpc) is 2.68. The van der Waals surface area contributed by atoms with E-state index in [9.17, 15) is 4.79 Å². The Labute approximate surface area is 161 Å². The summed E-state index contributed by atoms with van der Waals surface area (Å²) in [7, 11) is 5.62. The monoisotopic (exact) mass is 367 g/mol. The molecule has 0 unspecified atom stereocenters. The van der Waals surface area contributed by atoms with Crippen LogP contribution >= 0.6 is 0 Å². The Morgan fingerprint density at radius 3 is 2.52 bits per heavy atom. The van der Waals surface area contributed by atoms with Crippen molar-refractivity contribution < 1.29 is 9.53 Å². The molecule has 0 saturated heterocycles. The number of amides is 1. The molecule has 1 atom stereocenters. The lowest BCUT2D eigenvalue weighted by molar-refractivity contribution is -0.125. The molecule has 1 N–H and O–H groups in total. The van der Waals surface area contributed by atoms with E-state index in [0.29, 0.717) is 6.54 Å². The Morgan fingerprint density at radius 2 is 1.85 bits per heavy atom. The van der Waals surface area contributed by atoms with Crippen molar-refractivity contribution in [1.82, 2.24) is 10.2 Å². The second-order valence-corrected chi connectivity index (χ2v) is 7.23. The smallest absolute Gasteiger partial charge is 0.246 e. The Balaban J connectivity index is 1.80. The molecular formula is C22H29N3O2. The third kappa shape index (κ3) is 4.87. The molecule has 1 aliphatic rings. The van der Waals surface area contributed by atoms with Crippen LogP contribution in [0.1, 0.15) is 22.7 Å². The van der Waals surface area contributed by atoms with Gasteiger partial charge in [-0.2, -0.15) is 0 Å². The molecule has 5 nitrogen and oxygen atoms in total. The summed E-state index contributed by atoms with van der Waals surface area (Å²) in [6.45, 7) is 2.55. The van der Waals surface area contributed by atoms with Crippen molar-refractivity contribution in [3.05, 3.63) is 65.2 Å². The van der Waals surface area contributed by atoms with Gasteiger partial charge in [-0.1, -0.05) is 36.4 Å². The van der Waals surface area contributed by atoms with Gasteiger partial charge >= 0.3 is 0 Å². The molecule has 3 rings (SSSR count). The summed E-state index contributed by atoms with van der Waals surface area (Å²) in [5.41, 5.74) is 5.20. The topological polar surface area (TPSA) is 44.8 Å². The van der Waals surface area contributed by atoms with Crippen LogP contribution < -0.4 is 10.2 Å². The number of rotatable bonds is 7. The first kappa shape index (κ1) is 19.4. The lowest BCUT2D eigenvalue weighted by Gasteiger charge is -2.36.